The summed E-state index contributed by atoms with van der Waals surface area (Å²) in [6.07, 6.45) is 5.47. The number of amides is 1. The maximum Gasteiger partial charge on any atom is 0.240 e. The monoisotopic (exact) mass is 293 g/mol. The Labute approximate surface area is 122 Å². The first-order chi connectivity index (χ1) is 9.54. The zero-order valence-electron chi connectivity index (χ0n) is 11.9. The minimum atomic E-state index is -0.0439. The van der Waals surface area contributed by atoms with Gasteiger partial charge in [-0.05, 0) is 13.8 Å². The number of carbonyl (C=O) groups excluding carboxylic acids is 1. The van der Waals surface area contributed by atoms with E-state index in [1.54, 1.807) is 10.9 Å². The molecule has 1 amide bonds. The Bertz CT molecular complexity index is 549. The molecule has 0 unspecified atom stereocenters. The summed E-state index contributed by atoms with van der Waals surface area (Å²) in [5.41, 5.74) is 1.10. The molecule has 108 valence electrons. The molecular weight excluding hydrogens is 274 g/mol. The number of nitrogens with zero attached hydrogens (tertiary/aromatic N) is 4. The van der Waals surface area contributed by atoms with E-state index in [0.29, 0.717) is 18.2 Å². The first-order valence-corrected chi connectivity index (χ1v) is 7.33. The van der Waals surface area contributed by atoms with E-state index in [2.05, 4.69) is 34.1 Å². The number of rotatable bonds is 6. The van der Waals surface area contributed by atoms with Gasteiger partial charge >= 0.3 is 0 Å². The summed E-state index contributed by atoms with van der Waals surface area (Å²) in [6.45, 7) is 5.20. The van der Waals surface area contributed by atoms with Crippen molar-refractivity contribution in [2.75, 3.05) is 11.9 Å². The Kier molecular flexibility index (Phi) is 4.86. The van der Waals surface area contributed by atoms with Crippen LogP contribution in [0.15, 0.2) is 24.0 Å². The van der Waals surface area contributed by atoms with Crippen LogP contribution in [-0.2, 0) is 18.4 Å². The standard InChI is InChI=1S/C13H19N5OS/c1-10(2)18(8-11-6-15-17(3)7-11)9-12(19)16-13-14-4-5-20-13/h4-7,10H,8-9H2,1-3H3,(H,14,16,19). The van der Waals surface area contributed by atoms with Gasteiger partial charge in [-0.2, -0.15) is 5.10 Å². The second kappa shape index (κ2) is 6.62. The van der Waals surface area contributed by atoms with Gasteiger partial charge in [-0.25, -0.2) is 4.98 Å². The van der Waals surface area contributed by atoms with Gasteiger partial charge in [0, 0.05) is 43.0 Å². The highest BCUT2D eigenvalue weighted by Crippen LogP contribution is 2.11. The number of anilines is 1. The predicted octanol–water partition coefficient (Wildman–Crippen LogP) is 1.73. The SMILES string of the molecule is CC(C)N(CC(=O)Nc1nccs1)Cc1cnn(C)c1. The van der Waals surface area contributed by atoms with Gasteiger partial charge in [0.2, 0.25) is 5.91 Å². The maximum absolute atomic E-state index is 12.0. The maximum atomic E-state index is 12.0. The van der Waals surface area contributed by atoms with Crippen molar-refractivity contribution in [3.63, 3.8) is 0 Å². The first-order valence-electron chi connectivity index (χ1n) is 6.45. The number of hydrogen-bond donors (Lipinski definition) is 1. The molecule has 0 saturated carbocycles. The van der Waals surface area contributed by atoms with Crippen LogP contribution >= 0.6 is 11.3 Å². The minimum absolute atomic E-state index is 0.0439. The van der Waals surface area contributed by atoms with Crippen LogP contribution < -0.4 is 5.32 Å². The molecule has 0 aliphatic carbocycles. The third-order valence-electron chi connectivity index (χ3n) is 2.90. The van der Waals surface area contributed by atoms with Crippen LogP contribution in [0.2, 0.25) is 0 Å². The van der Waals surface area contributed by atoms with Crippen molar-refractivity contribution in [2.24, 2.45) is 7.05 Å². The van der Waals surface area contributed by atoms with Crippen LogP contribution in [0.3, 0.4) is 0 Å². The van der Waals surface area contributed by atoms with E-state index in [0.717, 1.165) is 5.56 Å². The molecule has 0 bridgehead atoms. The number of nitrogens with one attached hydrogen (secondary N) is 1. The third-order valence-corrected chi connectivity index (χ3v) is 3.59. The molecule has 0 aliphatic heterocycles. The van der Waals surface area contributed by atoms with Crippen molar-refractivity contribution in [3.8, 4) is 0 Å². The van der Waals surface area contributed by atoms with Crippen LogP contribution in [0.1, 0.15) is 19.4 Å². The molecule has 0 radical (unpaired) electrons. The quantitative estimate of drug-likeness (QED) is 0.881. The molecule has 0 atom stereocenters. The summed E-state index contributed by atoms with van der Waals surface area (Å²) in [7, 11) is 1.89. The Hall–Kier alpha value is -1.73. The van der Waals surface area contributed by atoms with Crippen molar-refractivity contribution in [3.05, 3.63) is 29.5 Å². The second-order valence-electron chi connectivity index (χ2n) is 4.91. The average Bonchev–Trinajstić information content (AvgIpc) is 3.00. The molecular formula is C13H19N5OS. The van der Waals surface area contributed by atoms with E-state index in [1.807, 2.05) is 24.8 Å². The fourth-order valence-corrected chi connectivity index (χ4v) is 2.38. The fourth-order valence-electron chi connectivity index (χ4n) is 1.84. The molecule has 2 aromatic rings. The lowest BCUT2D eigenvalue weighted by Gasteiger charge is -2.24. The van der Waals surface area contributed by atoms with E-state index in [-0.39, 0.29) is 11.9 Å². The molecule has 0 spiro atoms. The zero-order chi connectivity index (χ0) is 14.5. The number of thiazole rings is 1. The fraction of sp³-hybridized carbons (Fsp3) is 0.462. The van der Waals surface area contributed by atoms with Crippen LogP contribution in [0.25, 0.3) is 0 Å². The molecule has 2 aromatic heterocycles. The molecule has 20 heavy (non-hydrogen) atoms. The molecule has 0 aliphatic rings. The van der Waals surface area contributed by atoms with Crippen LogP contribution in [0.5, 0.6) is 0 Å². The van der Waals surface area contributed by atoms with Crippen molar-refractivity contribution in [1.29, 1.82) is 0 Å². The van der Waals surface area contributed by atoms with Crippen molar-refractivity contribution >= 4 is 22.4 Å². The summed E-state index contributed by atoms with van der Waals surface area (Å²) in [6, 6.07) is 0.275. The summed E-state index contributed by atoms with van der Waals surface area (Å²) >= 11 is 1.42. The number of carbonyl (C=O) groups is 1. The summed E-state index contributed by atoms with van der Waals surface area (Å²) in [5, 5.41) is 9.43. The van der Waals surface area contributed by atoms with Crippen LogP contribution in [-0.4, -0.2) is 38.2 Å². The van der Waals surface area contributed by atoms with Crippen molar-refractivity contribution in [1.82, 2.24) is 19.7 Å². The third kappa shape index (κ3) is 4.14. The number of aromatic nitrogens is 3. The van der Waals surface area contributed by atoms with Crippen LogP contribution in [0.4, 0.5) is 5.13 Å². The molecule has 0 saturated heterocycles. The summed E-state index contributed by atoms with van der Waals surface area (Å²) < 4.78 is 1.77. The van der Waals surface area contributed by atoms with E-state index in [1.165, 1.54) is 11.3 Å². The Morgan fingerprint density at radius 3 is 2.90 bits per heavy atom. The molecule has 0 aromatic carbocycles. The van der Waals surface area contributed by atoms with E-state index < -0.39 is 0 Å². The van der Waals surface area contributed by atoms with Gasteiger partial charge < -0.3 is 5.32 Å². The van der Waals surface area contributed by atoms with E-state index in [4.69, 9.17) is 0 Å². The topological polar surface area (TPSA) is 63.1 Å². The van der Waals surface area contributed by atoms with Crippen LogP contribution in [0, 0.1) is 0 Å². The number of aryl methyl sites for hydroxylation is 1. The highest BCUT2D eigenvalue weighted by atomic mass is 32.1. The Morgan fingerprint density at radius 1 is 1.55 bits per heavy atom. The largest absolute Gasteiger partial charge is 0.301 e. The summed E-state index contributed by atoms with van der Waals surface area (Å²) in [4.78, 5) is 18.2. The van der Waals surface area contributed by atoms with Gasteiger partial charge in [0.15, 0.2) is 5.13 Å². The highest BCUT2D eigenvalue weighted by molar-refractivity contribution is 7.13. The first kappa shape index (κ1) is 14.7. The molecule has 2 rings (SSSR count). The number of hydrogen-bond acceptors (Lipinski definition) is 5. The highest BCUT2D eigenvalue weighted by Gasteiger charge is 2.16. The van der Waals surface area contributed by atoms with E-state index >= 15 is 0 Å². The van der Waals surface area contributed by atoms with E-state index in [9.17, 15) is 4.79 Å². The lowest BCUT2D eigenvalue weighted by molar-refractivity contribution is -0.117. The molecule has 6 nitrogen and oxygen atoms in total. The average molecular weight is 293 g/mol. The lowest BCUT2D eigenvalue weighted by Crippen LogP contribution is -2.37. The molecule has 7 heteroatoms. The Morgan fingerprint density at radius 2 is 2.35 bits per heavy atom. The molecule has 0 fully saturated rings. The summed E-state index contributed by atoms with van der Waals surface area (Å²) in [5.74, 6) is -0.0439. The van der Waals surface area contributed by atoms with Crippen molar-refractivity contribution in [2.45, 2.75) is 26.4 Å². The minimum Gasteiger partial charge on any atom is -0.301 e. The van der Waals surface area contributed by atoms with Crippen molar-refractivity contribution < 1.29 is 4.79 Å². The predicted molar refractivity (Wildman–Crippen MR) is 79.5 cm³/mol. The van der Waals surface area contributed by atoms with Gasteiger partial charge in [0.05, 0.1) is 12.7 Å². The van der Waals surface area contributed by atoms with Gasteiger partial charge in [-0.1, -0.05) is 0 Å². The smallest absolute Gasteiger partial charge is 0.240 e. The normalized spacial score (nSPS) is 11.2. The lowest BCUT2D eigenvalue weighted by atomic mass is 10.2. The molecule has 2 heterocycles. The zero-order valence-corrected chi connectivity index (χ0v) is 12.7. The Balaban J connectivity index is 1.93. The van der Waals surface area contributed by atoms with Gasteiger partial charge in [-0.3, -0.25) is 14.4 Å². The van der Waals surface area contributed by atoms with Gasteiger partial charge in [-0.15, -0.1) is 11.3 Å². The second-order valence-corrected chi connectivity index (χ2v) is 5.80. The van der Waals surface area contributed by atoms with Gasteiger partial charge in [0.1, 0.15) is 0 Å². The molecule has 1 N–H and O–H groups in total. The van der Waals surface area contributed by atoms with Gasteiger partial charge in [0.25, 0.3) is 0 Å².